The molecule has 0 aliphatic rings. The van der Waals surface area contributed by atoms with Gasteiger partial charge >= 0.3 is 0 Å². The Morgan fingerprint density at radius 3 is 0.795 bits per heavy atom. The second kappa shape index (κ2) is 42.1. The Balaban J connectivity index is 0.000000210. The summed E-state index contributed by atoms with van der Waals surface area (Å²) < 4.78 is 0. The number of nitrogens with one attached hydrogen (secondary N) is 2. The first-order valence-corrected chi connectivity index (χ1v) is 41.8. The van der Waals surface area contributed by atoms with E-state index >= 15 is 0 Å². The number of unbranched alkanes of at least 4 members (excludes halogenated alkanes) is 2. The maximum absolute atomic E-state index is 10.2. The summed E-state index contributed by atoms with van der Waals surface area (Å²) in [6, 6.07) is 122. The molecule has 0 unspecified atom stereocenters. The third-order valence-electron chi connectivity index (χ3n) is 20.9. The Labute approximate surface area is 721 Å². The highest BCUT2D eigenvalue weighted by Crippen LogP contribution is 2.42. The second-order valence-corrected chi connectivity index (χ2v) is 30.6. The summed E-state index contributed by atoms with van der Waals surface area (Å²) in [7, 11) is 0. The van der Waals surface area contributed by atoms with Gasteiger partial charge in [-0.15, -0.1) is 0 Å². The van der Waals surface area contributed by atoms with E-state index in [2.05, 4.69) is 360 Å². The van der Waals surface area contributed by atoms with Gasteiger partial charge in [0.15, 0.2) is 11.4 Å². The number of aryl methyl sites for hydroxylation is 1. The van der Waals surface area contributed by atoms with Crippen LogP contribution < -0.4 is 35.1 Å². The summed E-state index contributed by atoms with van der Waals surface area (Å²) in [6.45, 7) is 33.3. The summed E-state index contributed by atoms with van der Waals surface area (Å²) in [5, 5.41) is 27.3. The highest BCUT2D eigenvalue weighted by Gasteiger charge is 2.19. The molecule has 0 heterocycles. The van der Waals surface area contributed by atoms with E-state index in [4.69, 9.17) is 13.1 Å². The van der Waals surface area contributed by atoms with Crippen molar-refractivity contribution in [3.05, 3.63) is 424 Å². The third-order valence-corrected chi connectivity index (χ3v) is 20.9. The van der Waals surface area contributed by atoms with Gasteiger partial charge in [0, 0.05) is 110 Å². The van der Waals surface area contributed by atoms with Crippen LogP contribution in [0.2, 0.25) is 0 Å². The molecule has 0 amide bonds. The molecule has 0 atom stereocenters. The normalized spacial score (nSPS) is 11.1. The average Bonchev–Trinajstić information content (AvgIpc) is 0.818. The molecular weight excluding hydrogens is 1490 g/mol. The lowest BCUT2D eigenvalue weighted by molar-refractivity contribution is 0.678. The number of hydrogen-bond acceptors (Lipinski definition) is 9. The summed E-state index contributed by atoms with van der Waals surface area (Å²) in [4.78, 5) is 19.2. The Morgan fingerprint density at radius 1 is 0.303 bits per heavy atom. The number of benzene rings is 14. The van der Waals surface area contributed by atoms with Gasteiger partial charge in [-0.3, -0.25) is 0 Å². The minimum absolute atomic E-state index is 0.351. The van der Waals surface area contributed by atoms with Gasteiger partial charge in [0.25, 0.3) is 0 Å². The summed E-state index contributed by atoms with van der Waals surface area (Å²) in [5.41, 5.74) is 26.1. The fraction of sp³-hybridized carbons (Fsp3) is 0.135. The minimum Gasteiger partial charge on any atom is -0.383 e. The first-order valence-electron chi connectivity index (χ1n) is 41.8. The van der Waals surface area contributed by atoms with Gasteiger partial charge in [-0.1, -0.05) is 214 Å². The quantitative estimate of drug-likeness (QED) is 0.0325. The van der Waals surface area contributed by atoms with Crippen LogP contribution in [0.5, 0.6) is 0 Å². The largest absolute Gasteiger partial charge is 0.383 e. The van der Waals surface area contributed by atoms with Crippen molar-refractivity contribution in [1.29, 1.82) is 10.5 Å². The molecule has 0 spiro atoms. The molecule has 14 rings (SSSR count). The number of hydrogen-bond donors (Lipinski definition) is 2. The first-order chi connectivity index (χ1) is 59.7. The zero-order valence-corrected chi connectivity index (χ0v) is 70.4. The first kappa shape index (κ1) is 84.5. The molecule has 122 heavy (non-hydrogen) atoms. The van der Waals surface area contributed by atoms with Gasteiger partial charge in [0.2, 0.25) is 0 Å². The average molecular weight is 1590 g/mol. The fourth-order valence-corrected chi connectivity index (χ4v) is 14.6. The number of para-hydroxylation sites is 4. The van der Waals surface area contributed by atoms with E-state index in [-0.39, 0.29) is 0 Å². The Morgan fingerprint density at radius 2 is 0.541 bits per heavy atom. The predicted molar refractivity (Wildman–Crippen MR) is 519 cm³/mol. The van der Waals surface area contributed by atoms with Crippen molar-refractivity contribution < 1.29 is 0 Å². The summed E-state index contributed by atoms with van der Waals surface area (Å²) >= 11 is 0. The van der Waals surface area contributed by atoms with E-state index in [1.165, 1.54) is 36.9 Å². The van der Waals surface area contributed by atoms with Gasteiger partial charge in [-0.2, -0.15) is 10.5 Å². The molecule has 14 aromatic rings. The Hall–Kier alpha value is -15.4. The van der Waals surface area contributed by atoms with Crippen molar-refractivity contribution in [1.82, 2.24) is 0 Å². The monoisotopic (exact) mass is 1590 g/mol. The molecule has 11 nitrogen and oxygen atoms in total. The van der Waals surface area contributed by atoms with Crippen molar-refractivity contribution in [2.75, 3.05) is 48.2 Å². The van der Waals surface area contributed by atoms with E-state index in [0.717, 1.165) is 115 Å². The maximum Gasteiger partial charge on any atom is 0.194 e. The van der Waals surface area contributed by atoms with Crippen LogP contribution in [0.25, 0.3) is 58.3 Å². The van der Waals surface area contributed by atoms with Crippen LogP contribution in [0, 0.1) is 42.7 Å². The molecule has 11 heteroatoms. The molecule has 2 N–H and O–H groups in total. The number of nitriles is 2. The van der Waals surface area contributed by atoms with E-state index in [1.807, 2.05) is 121 Å². The van der Waals surface area contributed by atoms with Crippen molar-refractivity contribution in [3.63, 3.8) is 0 Å². The second-order valence-electron chi connectivity index (χ2n) is 30.6. The van der Waals surface area contributed by atoms with Crippen LogP contribution in [0.15, 0.2) is 340 Å². The highest BCUT2D eigenvalue weighted by atomic mass is 15.2. The molecule has 14 aromatic carbocycles. The van der Waals surface area contributed by atoms with Gasteiger partial charge in [-0.25, -0.2) is 9.69 Å². The SMILES string of the molecule is [C-]#[N+]c1cc(/C=C/c2ccc(N(c3ccccc3)c3ccc(N(CCCC)CCCC)cc3)cc2)c(C#N)cc1/C=C/c1ccc(N(c2ccccc2)c2ccc(C)cc2)cc1.[C-]#[N+]c1cc(/C=C/c2ccc(N(c3ccccc3)c3ccc(NC(C)C)cc3)cc2)c(C#N)cc1/C=C/c1ccc(N(c2ccccc2)c2ccc(NC(C)C)cc2)cc1. The van der Waals surface area contributed by atoms with Gasteiger partial charge in [0.05, 0.1) is 36.4 Å². The zero-order valence-electron chi connectivity index (χ0n) is 70.4. The van der Waals surface area contributed by atoms with Crippen LogP contribution in [0.4, 0.5) is 96.7 Å². The zero-order chi connectivity index (χ0) is 84.9. The molecule has 600 valence electrons. The van der Waals surface area contributed by atoms with Crippen molar-refractivity contribution in [2.45, 2.75) is 86.2 Å². The third kappa shape index (κ3) is 22.3. The molecule has 0 aromatic heterocycles. The van der Waals surface area contributed by atoms with Gasteiger partial charge < -0.3 is 35.1 Å². The molecule has 0 saturated heterocycles. The minimum atomic E-state index is 0.351. The van der Waals surface area contributed by atoms with Crippen LogP contribution >= 0.6 is 0 Å². The van der Waals surface area contributed by atoms with Crippen LogP contribution in [-0.2, 0) is 0 Å². The molecule has 0 saturated carbocycles. The highest BCUT2D eigenvalue weighted by molar-refractivity contribution is 5.88. The van der Waals surface area contributed by atoms with Crippen LogP contribution in [0.3, 0.4) is 0 Å². The Bertz CT molecular complexity index is 5840. The van der Waals surface area contributed by atoms with Crippen LogP contribution in [-0.4, -0.2) is 25.2 Å². The molecule has 0 fully saturated rings. The Kier molecular flexibility index (Phi) is 29.2. The van der Waals surface area contributed by atoms with Crippen LogP contribution in [0.1, 0.15) is 128 Å². The topological polar surface area (TPSA) is 96.6 Å². The lowest BCUT2D eigenvalue weighted by atomic mass is 10.0. The van der Waals surface area contributed by atoms with Gasteiger partial charge in [0.1, 0.15) is 0 Å². The molecule has 0 aliphatic carbocycles. The standard InChI is InChI=1S/C57H53N5.C54H48N6/c1-5-7-39-60(40-8-6-2)50-35-37-56(38-36-50)62(52-17-13-10-14-18-52)55-31-23-45(24-32-55)21-27-47-42-57(59-4)48(41-49(47)43-58)28-22-46-25-33-54(34-26-46)61(51-15-11-9-12-16-51)53-29-19-44(3)20-30-53;1-39(2)57-46-24-32-52(33-25-46)59(48-12-8-6-9-13-48)50-28-18-41(19-29-50)16-22-43-37-54(56-5)44(36-45(43)38-55)23-17-42-20-30-51(31-21-42)60(49-14-10-7-11-15-49)53-34-26-47(27-35-53)58-40(3)4/h9-38,41-42H,5-8,39-40H2,1-3H3;6-37,39-40,57-58H,1-4H3/b27-21+,28-22+;22-16+,23-17+. The molecule has 0 aliphatic heterocycles. The van der Waals surface area contributed by atoms with Crippen molar-refractivity contribution in [2.24, 2.45) is 0 Å². The molecule has 0 bridgehead atoms. The van der Waals surface area contributed by atoms with E-state index in [9.17, 15) is 10.5 Å². The summed E-state index contributed by atoms with van der Waals surface area (Å²) in [6.07, 6.45) is 20.4. The lowest BCUT2D eigenvalue weighted by Gasteiger charge is -2.28. The van der Waals surface area contributed by atoms with Crippen molar-refractivity contribution in [3.8, 4) is 12.1 Å². The number of anilines is 15. The smallest absolute Gasteiger partial charge is 0.194 e. The fourth-order valence-electron chi connectivity index (χ4n) is 14.6. The molecule has 0 radical (unpaired) electrons. The summed E-state index contributed by atoms with van der Waals surface area (Å²) in [5.74, 6) is 0. The lowest BCUT2D eigenvalue weighted by Crippen LogP contribution is -2.25. The van der Waals surface area contributed by atoms with E-state index < -0.39 is 0 Å². The van der Waals surface area contributed by atoms with Crippen molar-refractivity contribution >= 4 is 145 Å². The van der Waals surface area contributed by atoms with E-state index in [1.54, 1.807) is 12.1 Å². The number of nitrogens with zero attached hydrogens (tertiary/aromatic N) is 9. The van der Waals surface area contributed by atoms with E-state index in [0.29, 0.717) is 56.8 Å². The molecular formula is C111H101N11. The number of rotatable bonds is 31. The maximum atomic E-state index is 10.2. The van der Waals surface area contributed by atoms with Gasteiger partial charge in [-0.05, 0) is 298 Å². The predicted octanol–water partition coefficient (Wildman–Crippen LogP) is 31.1.